The Morgan fingerprint density at radius 2 is 1.24 bits per heavy atom. The van der Waals surface area contributed by atoms with E-state index in [-0.39, 0.29) is 12.8 Å². The highest BCUT2D eigenvalue weighted by Gasteiger charge is 2.82. The van der Waals surface area contributed by atoms with Gasteiger partial charge in [-0.2, -0.15) is 0 Å². The molecule has 2 aliphatic carbocycles. The van der Waals surface area contributed by atoms with Crippen LogP contribution in [0.25, 0.3) is 12.2 Å². The van der Waals surface area contributed by atoms with Gasteiger partial charge in [-0.25, -0.2) is 9.59 Å². The first-order chi connectivity index (χ1) is 23.7. The average molecular weight is 689 g/mol. The number of hydrogen-bond acceptors (Lipinski definition) is 11. The van der Waals surface area contributed by atoms with Crippen LogP contribution >= 0.6 is 0 Å². The molecule has 3 fully saturated rings. The van der Waals surface area contributed by atoms with Gasteiger partial charge in [0.05, 0.1) is 5.60 Å². The minimum atomic E-state index is -1.71. The van der Waals surface area contributed by atoms with Crippen LogP contribution in [0.2, 0.25) is 0 Å². The van der Waals surface area contributed by atoms with E-state index in [2.05, 4.69) is 0 Å². The molecule has 0 N–H and O–H groups in total. The van der Waals surface area contributed by atoms with Gasteiger partial charge in [0.2, 0.25) is 0 Å². The van der Waals surface area contributed by atoms with E-state index in [1.165, 1.54) is 32.9 Å². The molecule has 5 rings (SSSR count). The van der Waals surface area contributed by atoms with Gasteiger partial charge >= 0.3 is 29.8 Å². The summed E-state index contributed by atoms with van der Waals surface area (Å²) in [6.45, 7) is 8.80. The number of ether oxygens (including phenoxy) is 6. The summed E-state index contributed by atoms with van der Waals surface area (Å²) in [7, 11) is 0. The second-order valence-corrected chi connectivity index (χ2v) is 13.7. The maximum absolute atomic E-state index is 13.6. The van der Waals surface area contributed by atoms with Gasteiger partial charge in [-0.1, -0.05) is 67.6 Å². The topological polar surface area (TPSA) is 141 Å². The van der Waals surface area contributed by atoms with Gasteiger partial charge in [-0.3, -0.25) is 14.4 Å². The Balaban J connectivity index is 1.65. The van der Waals surface area contributed by atoms with Crippen LogP contribution in [0, 0.1) is 17.3 Å². The number of rotatable bonds is 10. The molecule has 0 aromatic heterocycles. The van der Waals surface area contributed by atoms with E-state index >= 15 is 0 Å². The first kappa shape index (κ1) is 36.5. The van der Waals surface area contributed by atoms with Crippen LogP contribution < -0.4 is 0 Å². The highest BCUT2D eigenvalue weighted by atomic mass is 16.6. The molecule has 1 saturated heterocycles. The van der Waals surface area contributed by atoms with Gasteiger partial charge in [0.1, 0.15) is 35.9 Å². The van der Waals surface area contributed by atoms with Crippen molar-refractivity contribution in [2.45, 2.75) is 90.0 Å². The van der Waals surface area contributed by atoms with Crippen LogP contribution in [-0.4, -0.2) is 72.1 Å². The predicted octanol–water partition coefficient (Wildman–Crippen LogP) is 5.26. The van der Waals surface area contributed by atoms with Gasteiger partial charge in [-0.05, 0) is 55.9 Å². The smallest absolute Gasteiger partial charge is 0.331 e. The molecule has 11 nitrogen and oxygen atoms in total. The minimum Gasteiger partial charge on any atom is -0.465 e. The number of carbonyl (C=O) groups is 5. The van der Waals surface area contributed by atoms with Crippen LogP contribution in [0.1, 0.15) is 65.5 Å². The third kappa shape index (κ3) is 7.10. The number of hydrogen-bond donors (Lipinski definition) is 0. The van der Waals surface area contributed by atoms with Crippen LogP contribution in [0.5, 0.6) is 0 Å². The molecule has 2 aromatic rings. The van der Waals surface area contributed by atoms with Crippen molar-refractivity contribution in [3.63, 3.8) is 0 Å². The normalized spacial score (nSPS) is 31.0. The fourth-order valence-electron chi connectivity index (χ4n) is 8.22. The summed E-state index contributed by atoms with van der Waals surface area (Å²) >= 11 is 0. The Labute approximate surface area is 291 Å². The molecule has 50 heavy (non-hydrogen) atoms. The lowest BCUT2D eigenvalue weighted by Gasteiger charge is -2.63. The molecule has 1 aliphatic heterocycles. The van der Waals surface area contributed by atoms with Crippen molar-refractivity contribution in [1.29, 1.82) is 0 Å². The number of esters is 5. The highest BCUT2D eigenvalue weighted by molar-refractivity contribution is 5.88. The van der Waals surface area contributed by atoms with Gasteiger partial charge in [0.15, 0.2) is 6.10 Å². The number of benzene rings is 2. The van der Waals surface area contributed by atoms with Crippen LogP contribution in [0.15, 0.2) is 72.8 Å². The average Bonchev–Trinajstić information content (AvgIpc) is 3.22. The van der Waals surface area contributed by atoms with Crippen molar-refractivity contribution in [1.82, 2.24) is 0 Å². The van der Waals surface area contributed by atoms with E-state index in [4.69, 9.17) is 28.4 Å². The van der Waals surface area contributed by atoms with Crippen molar-refractivity contribution < 1.29 is 52.4 Å². The molecule has 0 radical (unpaired) electrons. The summed E-state index contributed by atoms with van der Waals surface area (Å²) in [5, 5.41) is 0. The summed E-state index contributed by atoms with van der Waals surface area (Å²) < 4.78 is 37.2. The fourth-order valence-corrected chi connectivity index (χ4v) is 8.22. The van der Waals surface area contributed by atoms with Crippen molar-refractivity contribution in [2.24, 2.45) is 17.3 Å². The molecule has 266 valence electrons. The standard InChI is InChI=1S/C39H44O11/c1-24-21-31(48-33(43)19-17-28-13-9-7-10-14-28)36(47-27(4)42)38(23-45-25(2)40)32(49-34(44)20-18-29-15-11-8-12-16-29)22-30-35(46-26(3)41)39(24,38)50-37(30,5)6/h7-20,24,30-32,35-36H,21-23H2,1-6H3/b19-17+,20-18+/t24-,30-,31+,32+,35-,36+,38-,39-/m1/s1. The lowest BCUT2D eigenvalue weighted by molar-refractivity contribution is -0.320. The Bertz CT molecular complexity index is 1650. The van der Waals surface area contributed by atoms with Crippen LogP contribution in [-0.2, 0) is 52.4 Å². The molecule has 1 spiro atoms. The van der Waals surface area contributed by atoms with Crippen molar-refractivity contribution >= 4 is 42.0 Å². The third-order valence-electron chi connectivity index (χ3n) is 10.1. The van der Waals surface area contributed by atoms with E-state index in [9.17, 15) is 24.0 Å². The Morgan fingerprint density at radius 1 is 0.720 bits per heavy atom. The maximum Gasteiger partial charge on any atom is 0.331 e. The monoisotopic (exact) mass is 688 g/mol. The third-order valence-corrected chi connectivity index (χ3v) is 10.1. The molecule has 0 amide bonds. The Kier molecular flexibility index (Phi) is 10.7. The van der Waals surface area contributed by atoms with Crippen LogP contribution in [0.4, 0.5) is 0 Å². The molecule has 3 aliphatic rings. The molecule has 11 heteroatoms. The zero-order valence-corrected chi connectivity index (χ0v) is 29.2. The molecular weight excluding hydrogens is 644 g/mol. The lowest BCUT2D eigenvalue weighted by Crippen LogP contribution is -2.78. The molecule has 1 heterocycles. The predicted molar refractivity (Wildman–Crippen MR) is 181 cm³/mol. The summed E-state index contributed by atoms with van der Waals surface area (Å²) in [6, 6.07) is 18.3. The SMILES string of the molecule is CC(=O)OC[C@]12[C@@H](OC(=O)/C=C/c3ccccc3)C[C@@H]3[C@@H](OC(C)=O)[C@]1(OC3(C)C)[C@H](C)C[C@H](OC(=O)/C=C/c1ccccc1)[C@@H]2OC(C)=O. The number of carbonyl (C=O) groups excluding carboxylic acids is 5. The number of fused-ring (bicyclic) bond motifs is 1. The van der Waals surface area contributed by atoms with E-state index in [1.807, 2.05) is 81.4 Å². The van der Waals surface area contributed by atoms with E-state index in [0.29, 0.717) is 0 Å². The minimum absolute atomic E-state index is 0.0813. The quantitative estimate of drug-likeness (QED) is 0.184. The van der Waals surface area contributed by atoms with Crippen molar-refractivity contribution in [3.05, 3.63) is 83.9 Å². The zero-order chi connectivity index (χ0) is 36.3. The lowest BCUT2D eigenvalue weighted by atomic mass is 9.47. The molecule has 0 unspecified atom stereocenters. The van der Waals surface area contributed by atoms with E-state index < -0.39 is 89.3 Å². The zero-order valence-electron chi connectivity index (χ0n) is 29.2. The van der Waals surface area contributed by atoms with Crippen molar-refractivity contribution in [3.8, 4) is 0 Å². The van der Waals surface area contributed by atoms with Gasteiger partial charge in [-0.15, -0.1) is 0 Å². The Hall–Kier alpha value is -4.77. The summed E-state index contributed by atoms with van der Waals surface area (Å²) in [5.74, 6) is -4.43. The summed E-state index contributed by atoms with van der Waals surface area (Å²) in [5.41, 5.74) is -2.66. The van der Waals surface area contributed by atoms with Crippen molar-refractivity contribution in [2.75, 3.05) is 6.61 Å². The van der Waals surface area contributed by atoms with Gasteiger partial charge in [0, 0.05) is 38.8 Å². The van der Waals surface area contributed by atoms with E-state index in [1.54, 1.807) is 12.2 Å². The largest absolute Gasteiger partial charge is 0.465 e. The fraction of sp³-hybridized carbons (Fsp3) is 0.462. The second kappa shape index (κ2) is 14.6. The van der Waals surface area contributed by atoms with E-state index in [0.717, 1.165) is 11.1 Å². The molecular formula is C39H44O11. The summed E-state index contributed by atoms with van der Waals surface area (Å²) in [4.78, 5) is 65.2. The molecule has 8 atom stereocenters. The highest BCUT2D eigenvalue weighted by Crippen LogP contribution is 2.68. The first-order valence-electron chi connectivity index (χ1n) is 16.7. The molecule has 2 bridgehead atoms. The summed E-state index contributed by atoms with van der Waals surface area (Å²) in [6.07, 6.45) is 1.42. The molecule has 2 aromatic carbocycles. The maximum atomic E-state index is 13.6. The van der Waals surface area contributed by atoms with Crippen LogP contribution in [0.3, 0.4) is 0 Å². The second-order valence-electron chi connectivity index (χ2n) is 13.7. The Morgan fingerprint density at radius 3 is 1.76 bits per heavy atom. The first-order valence-corrected chi connectivity index (χ1v) is 16.7. The van der Waals surface area contributed by atoms with Gasteiger partial charge in [0.25, 0.3) is 0 Å². The van der Waals surface area contributed by atoms with Gasteiger partial charge < -0.3 is 28.4 Å². The molecule has 2 saturated carbocycles.